The van der Waals surface area contributed by atoms with Crippen molar-refractivity contribution in [2.45, 2.75) is 12.3 Å². The Hall–Kier alpha value is -1.00. The summed E-state index contributed by atoms with van der Waals surface area (Å²) in [4.78, 5) is 0. The standard InChI is InChI=1S/C10H12F2N2/c11-10-9(13-6-7-14(10)12)8-4-2-1-3-5-8/h1-5,9-10,13H,6-7H2. The van der Waals surface area contributed by atoms with E-state index in [0.717, 1.165) is 5.56 Å². The van der Waals surface area contributed by atoms with E-state index in [1.165, 1.54) is 0 Å². The van der Waals surface area contributed by atoms with E-state index >= 15 is 0 Å². The van der Waals surface area contributed by atoms with Crippen molar-refractivity contribution in [3.05, 3.63) is 35.9 Å². The van der Waals surface area contributed by atoms with Crippen molar-refractivity contribution in [2.24, 2.45) is 0 Å². The molecular formula is C10H12F2N2. The Kier molecular flexibility index (Phi) is 2.74. The molecule has 2 nitrogen and oxygen atoms in total. The van der Waals surface area contributed by atoms with Crippen LogP contribution in [0, 0.1) is 0 Å². The van der Waals surface area contributed by atoms with Crippen molar-refractivity contribution in [1.29, 1.82) is 0 Å². The molecule has 1 fully saturated rings. The number of rotatable bonds is 1. The molecule has 2 unspecified atom stereocenters. The fraction of sp³-hybridized carbons (Fsp3) is 0.400. The van der Waals surface area contributed by atoms with E-state index in [4.69, 9.17) is 0 Å². The quantitative estimate of drug-likeness (QED) is 0.547. The number of nitrogens with one attached hydrogen (secondary N) is 1. The summed E-state index contributed by atoms with van der Waals surface area (Å²) in [5, 5.41) is 3.20. The first-order valence-electron chi connectivity index (χ1n) is 4.64. The van der Waals surface area contributed by atoms with Gasteiger partial charge in [-0.25, -0.2) is 4.39 Å². The molecule has 2 atom stereocenters. The molecule has 1 saturated heterocycles. The van der Waals surface area contributed by atoms with Crippen LogP contribution >= 0.6 is 0 Å². The largest absolute Gasteiger partial charge is 0.305 e. The molecule has 1 aliphatic heterocycles. The summed E-state index contributed by atoms with van der Waals surface area (Å²) in [7, 11) is 0. The lowest BCUT2D eigenvalue weighted by Crippen LogP contribution is -2.47. The lowest BCUT2D eigenvalue weighted by Gasteiger charge is -2.31. The molecule has 1 aromatic rings. The third-order valence-corrected chi connectivity index (χ3v) is 2.39. The lowest BCUT2D eigenvalue weighted by atomic mass is 10.0. The second kappa shape index (κ2) is 4.02. The molecule has 0 bridgehead atoms. The maximum absolute atomic E-state index is 13.4. The Morgan fingerprint density at radius 1 is 1.29 bits per heavy atom. The van der Waals surface area contributed by atoms with Crippen molar-refractivity contribution in [3.63, 3.8) is 0 Å². The Labute approximate surface area is 81.5 Å². The van der Waals surface area contributed by atoms with Crippen LogP contribution in [0.2, 0.25) is 0 Å². The van der Waals surface area contributed by atoms with E-state index in [2.05, 4.69) is 5.32 Å². The van der Waals surface area contributed by atoms with Gasteiger partial charge in [0.2, 0.25) is 0 Å². The van der Waals surface area contributed by atoms with Gasteiger partial charge in [0, 0.05) is 13.1 Å². The molecule has 1 aromatic carbocycles. The highest BCUT2D eigenvalue weighted by atomic mass is 19.2. The first-order valence-corrected chi connectivity index (χ1v) is 4.64. The molecule has 0 aromatic heterocycles. The number of piperazine rings is 1. The lowest BCUT2D eigenvalue weighted by molar-refractivity contribution is -0.114. The minimum Gasteiger partial charge on any atom is -0.305 e. The molecule has 0 aliphatic carbocycles. The molecule has 0 amide bonds. The average Bonchev–Trinajstić information content (AvgIpc) is 2.23. The average molecular weight is 198 g/mol. The fourth-order valence-electron chi connectivity index (χ4n) is 1.65. The molecule has 1 aliphatic rings. The van der Waals surface area contributed by atoms with Gasteiger partial charge in [0.15, 0.2) is 6.30 Å². The molecule has 76 valence electrons. The van der Waals surface area contributed by atoms with Gasteiger partial charge in [0.25, 0.3) is 0 Å². The van der Waals surface area contributed by atoms with Gasteiger partial charge in [-0.2, -0.15) is 0 Å². The van der Waals surface area contributed by atoms with Crippen LogP contribution in [0.15, 0.2) is 30.3 Å². The SMILES string of the molecule is FC1C(c2ccccc2)NCCN1F. The number of hydrogen-bond acceptors (Lipinski definition) is 2. The molecular weight excluding hydrogens is 186 g/mol. The van der Waals surface area contributed by atoms with Crippen LogP contribution in [-0.2, 0) is 0 Å². The highest BCUT2D eigenvalue weighted by molar-refractivity contribution is 5.20. The summed E-state index contributed by atoms with van der Waals surface area (Å²) in [5.74, 6) is 0. The summed E-state index contributed by atoms with van der Waals surface area (Å²) in [6.45, 7) is 0.570. The monoisotopic (exact) mass is 198 g/mol. The van der Waals surface area contributed by atoms with Gasteiger partial charge in [-0.05, 0) is 5.56 Å². The van der Waals surface area contributed by atoms with Crippen molar-refractivity contribution in [2.75, 3.05) is 13.1 Å². The summed E-state index contributed by atoms with van der Waals surface area (Å²) >= 11 is 0. The normalized spacial score (nSPS) is 29.0. The van der Waals surface area contributed by atoms with Crippen LogP contribution in [0.5, 0.6) is 0 Å². The van der Waals surface area contributed by atoms with Crippen LogP contribution in [0.25, 0.3) is 0 Å². The predicted octanol–water partition coefficient (Wildman–Crippen LogP) is 1.81. The maximum atomic E-state index is 13.4. The van der Waals surface area contributed by atoms with E-state index in [0.29, 0.717) is 6.54 Å². The second-order valence-electron chi connectivity index (χ2n) is 3.34. The van der Waals surface area contributed by atoms with Crippen molar-refractivity contribution in [3.8, 4) is 0 Å². The number of nitrogens with zero attached hydrogens (tertiary/aromatic N) is 1. The Morgan fingerprint density at radius 2 is 2.00 bits per heavy atom. The zero-order valence-corrected chi connectivity index (χ0v) is 7.66. The minimum atomic E-state index is -1.59. The van der Waals surface area contributed by atoms with Gasteiger partial charge in [0.1, 0.15) is 0 Å². The highest BCUT2D eigenvalue weighted by Gasteiger charge is 2.32. The third kappa shape index (κ3) is 1.76. The van der Waals surface area contributed by atoms with Crippen LogP contribution < -0.4 is 5.32 Å². The molecule has 14 heavy (non-hydrogen) atoms. The van der Waals surface area contributed by atoms with Gasteiger partial charge in [0.05, 0.1) is 6.04 Å². The molecule has 0 spiro atoms. The fourth-order valence-corrected chi connectivity index (χ4v) is 1.65. The number of halogens is 2. The summed E-state index contributed by atoms with van der Waals surface area (Å²) in [5.41, 5.74) is 0.780. The topological polar surface area (TPSA) is 15.3 Å². The van der Waals surface area contributed by atoms with Gasteiger partial charge in [-0.15, -0.1) is 9.60 Å². The van der Waals surface area contributed by atoms with E-state index in [1.807, 2.05) is 18.2 Å². The van der Waals surface area contributed by atoms with Crippen LogP contribution in [0.1, 0.15) is 11.6 Å². The summed E-state index contributed by atoms with van der Waals surface area (Å²) in [6.07, 6.45) is -1.59. The molecule has 0 radical (unpaired) electrons. The molecule has 4 heteroatoms. The number of alkyl halides is 1. The minimum absolute atomic E-state index is 0.102. The van der Waals surface area contributed by atoms with E-state index in [1.54, 1.807) is 12.1 Å². The first-order chi connectivity index (χ1) is 6.79. The highest BCUT2D eigenvalue weighted by Crippen LogP contribution is 2.24. The Morgan fingerprint density at radius 3 is 2.71 bits per heavy atom. The molecule has 1 heterocycles. The van der Waals surface area contributed by atoms with Gasteiger partial charge >= 0.3 is 0 Å². The second-order valence-corrected chi connectivity index (χ2v) is 3.34. The van der Waals surface area contributed by atoms with Crippen molar-refractivity contribution in [1.82, 2.24) is 10.4 Å². The third-order valence-electron chi connectivity index (χ3n) is 2.39. The zero-order chi connectivity index (χ0) is 9.97. The zero-order valence-electron chi connectivity index (χ0n) is 7.66. The van der Waals surface area contributed by atoms with Crippen molar-refractivity contribution >= 4 is 0 Å². The molecule has 0 saturated carbocycles. The van der Waals surface area contributed by atoms with E-state index < -0.39 is 12.3 Å². The Bertz CT molecular complexity index is 291. The predicted molar refractivity (Wildman–Crippen MR) is 49.9 cm³/mol. The number of hydrogen-bond donors (Lipinski definition) is 1. The first kappa shape index (κ1) is 9.55. The Balaban J connectivity index is 2.17. The van der Waals surface area contributed by atoms with E-state index in [-0.39, 0.29) is 11.7 Å². The van der Waals surface area contributed by atoms with Crippen LogP contribution in [-0.4, -0.2) is 24.5 Å². The molecule has 1 N–H and O–H groups in total. The van der Waals surface area contributed by atoms with Crippen LogP contribution in [0.4, 0.5) is 8.87 Å². The smallest absolute Gasteiger partial charge is 0.199 e. The summed E-state index contributed by atoms with van der Waals surface area (Å²) < 4.78 is 26.3. The van der Waals surface area contributed by atoms with Crippen LogP contribution in [0.3, 0.4) is 0 Å². The van der Waals surface area contributed by atoms with Gasteiger partial charge < -0.3 is 5.32 Å². The van der Waals surface area contributed by atoms with Gasteiger partial charge in [-0.1, -0.05) is 30.3 Å². The maximum Gasteiger partial charge on any atom is 0.199 e. The van der Waals surface area contributed by atoms with Crippen molar-refractivity contribution < 1.29 is 8.87 Å². The number of benzene rings is 1. The molecule has 2 rings (SSSR count). The van der Waals surface area contributed by atoms with E-state index in [9.17, 15) is 8.87 Å². The van der Waals surface area contributed by atoms with Gasteiger partial charge in [-0.3, -0.25) is 0 Å². The summed E-state index contributed by atoms with van der Waals surface area (Å²) in [6, 6.07) is 8.52.